The Hall–Kier alpha value is -2.31. The first-order chi connectivity index (χ1) is 14.9. The van der Waals surface area contributed by atoms with Crippen molar-refractivity contribution in [3.63, 3.8) is 0 Å². The third kappa shape index (κ3) is 4.96. The first kappa shape index (κ1) is 21.9. The molecule has 0 aliphatic carbocycles. The van der Waals surface area contributed by atoms with Crippen LogP contribution in [0.5, 0.6) is 0 Å². The van der Waals surface area contributed by atoms with Crippen molar-refractivity contribution >= 4 is 28.5 Å². The van der Waals surface area contributed by atoms with Crippen LogP contribution in [0.25, 0.3) is 0 Å². The van der Waals surface area contributed by atoms with Crippen LogP contribution < -0.4 is 10.2 Å². The molecule has 164 valence electrons. The van der Waals surface area contributed by atoms with E-state index in [1.54, 1.807) is 11.8 Å². The number of amidine groups is 1. The minimum absolute atomic E-state index is 0.00322. The number of amides is 1. The monoisotopic (exact) mass is 437 g/mol. The Kier molecular flexibility index (Phi) is 6.68. The van der Waals surface area contributed by atoms with E-state index in [0.717, 1.165) is 54.9 Å². The number of carbonyl (C=O) groups excluding carboxylic acids is 1. The largest absolute Gasteiger partial charge is 0.378 e. The summed E-state index contributed by atoms with van der Waals surface area (Å²) in [5.41, 5.74) is 4.05. The van der Waals surface area contributed by atoms with Crippen molar-refractivity contribution in [3.8, 4) is 0 Å². The second-order valence-electron chi connectivity index (χ2n) is 8.75. The quantitative estimate of drug-likeness (QED) is 0.761. The smallest absolute Gasteiger partial charge is 0.232 e. The highest BCUT2D eigenvalue weighted by molar-refractivity contribution is 8.14. The summed E-state index contributed by atoms with van der Waals surface area (Å²) in [7, 11) is 0. The third-order valence-electron chi connectivity index (χ3n) is 6.13. The molecule has 1 unspecified atom stereocenters. The predicted molar refractivity (Wildman–Crippen MR) is 129 cm³/mol. The number of benzene rings is 2. The fraction of sp³-hybridized carbons (Fsp3) is 0.440. The number of carbonyl (C=O) groups is 1. The fourth-order valence-corrected chi connectivity index (χ4v) is 5.01. The molecule has 2 heterocycles. The van der Waals surface area contributed by atoms with Gasteiger partial charge in [-0.1, -0.05) is 67.6 Å². The van der Waals surface area contributed by atoms with Crippen molar-refractivity contribution in [2.45, 2.75) is 26.7 Å². The average Bonchev–Trinajstić information content (AvgIpc) is 3.29. The van der Waals surface area contributed by atoms with E-state index < -0.39 is 5.41 Å². The van der Waals surface area contributed by atoms with Crippen molar-refractivity contribution in [3.05, 3.63) is 65.2 Å². The van der Waals surface area contributed by atoms with E-state index in [1.165, 1.54) is 11.3 Å². The molecule has 2 aromatic carbocycles. The van der Waals surface area contributed by atoms with Crippen molar-refractivity contribution < 1.29 is 9.53 Å². The van der Waals surface area contributed by atoms with Crippen LogP contribution in [0.3, 0.4) is 0 Å². The van der Waals surface area contributed by atoms with E-state index in [9.17, 15) is 4.79 Å². The summed E-state index contributed by atoms with van der Waals surface area (Å²) in [6.45, 7) is 10.3. The Morgan fingerprint density at radius 2 is 1.68 bits per heavy atom. The molecule has 1 saturated heterocycles. The highest BCUT2D eigenvalue weighted by Gasteiger charge is 2.39. The molecule has 6 heteroatoms. The van der Waals surface area contributed by atoms with Gasteiger partial charge in [0.1, 0.15) is 0 Å². The summed E-state index contributed by atoms with van der Waals surface area (Å²) in [4.78, 5) is 20.1. The number of nitrogens with zero attached hydrogens (tertiary/aromatic N) is 2. The number of anilines is 1. The van der Waals surface area contributed by atoms with Crippen LogP contribution in [0, 0.1) is 12.3 Å². The van der Waals surface area contributed by atoms with Gasteiger partial charge in [-0.15, -0.1) is 0 Å². The first-order valence-corrected chi connectivity index (χ1v) is 11.9. The molecule has 2 aliphatic heterocycles. The Balaban J connectivity index is 1.65. The van der Waals surface area contributed by atoms with Crippen LogP contribution >= 0.6 is 11.8 Å². The summed E-state index contributed by atoms with van der Waals surface area (Å²) in [5, 5.41) is 3.80. The van der Waals surface area contributed by atoms with Crippen molar-refractivity contribution in [1.29, 1.82) is 0 Å². The maximum atomic E-state index is 13.4. The molecule has 1 N–H and O–H groups in total. The Morgan fingerprint density at radius 3 is 2.26 bits per heavy atom. The standard InChI is InChI=1S/C25H31N3O2S/c1-18-4-6-19(7-5-18)22(25(2,3)23(29)27-24-26-12-17-31-24)20-8-10-21(11-9-20)28-13-15-30-16-14-28/h4-11,22H,12-17H2,1-3H3,(H,26,27,29). The number of nitrogens with one attached hydrogen (secondary N) is 1. The molecule has 0 spiro atoms. The second-order valence-corrected chi connectivity index (χ2v) is 9.83. The van der Waals surface area contributed by atoms with E-state index >= 15 is 0 Å². The maximum absolute atomic E-state index is 13.4. The SMILES string of the molecule is Cc1ccc(C(c2ccc(N3CCOCC3)cc2)C(C)(C)C(=O)NC2=NCCS2)cc1. The molecule has 2 aromatic rings. The highest BCUT2D eigenvalue weighted by Crippen LogP contribution is 2.42. The molecule has 5 nitrogen and oxygen atoms in total. The van der Waals surface area contributed by atoms with Gasteiger partial charge in [0, 0.05) is 30.4 Å². The summed E-state index contributed by atoms with van der Waals surface area (Å²) in [6, 6.07) is 17.2. The van der Waals surface area contributed by atoms with E-state index in [1.807, 2.05) is 13.8 Å². The third-order valence-corrected chi connectivity index (χ3v) is 7.02. The minimum atomic E-state index is -0.651. The van der Waals surface area contributed by atoms with Gasteiger partial charge >= 0.3 is 0 Å². The number of ether oxygens (including phenoxy) is 1. The van der Waals surface area contributed by atoms with Gasteiger partial charge in [0.25, 0.3) is 0 Å². The van der Waals surface area contributed by atoms with Crippen molar-refractivity contribution in [1.82, 2.24) is 5.32 Å². The predicted octanol–water partition coefficient (Wildman–Crippen LogP) is 4.21. The lowest BCUT2D eigenvalue weighted by Crippen LogP contribution is -2.43. The van der Waals surface area contributed by atoms with E-state index in [-0.39, 0.29) is 11.8 Å². The zero-order valence-corrected chi connectivity index (χ0v) is 19.4. The van der Waals surface area contributed by atoms with Crippen LogP contribution in [0.2, 0.25) is 0 Å². The summed E-state index contributed by atoms with van der Waals surface area (Å²) >= 11 is 1.61. The van der Waals surface area contributed by atoms with Gasteiger partial charge < -0.3 is 15.0 Å². The van der Waals surface area contributed by atoms with Gasteiger partial charge in [-0.3, -0.25) is 9.79 Å². The molecule has 0 bridgehead atoms. The van der Waals surface area contributed by atoms with Crippen LogP contribution in [0.15, 0.2) is 53.5 Å². The minimum Gasteiger partial charge on any atom is -0.378 e. The maximum Gasteiger partial charge on any atom is 0.232 e. The molecule has 1 amide bonds. The zero-order chi connectivity index (χ0) is 21.8. The number of morpholine rings is 1. The van der Waals surface area contributed by atoms with E-state index in [0.29, 0.717) is 0 Å². The molecule has 1 fully saturated rings. The molecular weight excluding hydrogens is 406 g/mol. The number of thioether (sulfide) groups is 1. The normalized spacial score (nSPS) is 17.9. The number of hydrogen-bond acceptors (Lipinski definition) is 5. The molecule has 2 aliphatic rings. The van der Waals surface area contributed by atoms with Gasteiger partial charge in [-0.2, -0.15) is 0 Å². The molecule has 1 atom stereocenters. The van der Waals surface area contributed by atoms with E-state index in [2.05, 4.69) is 70.7 Å². The molecule has 4 rings (SSSR count). The lowest BCUT2D eigenvalue weighted by atomic mass is 9.70. The molecule has 0 aromatic heterocycles. The topological polar surface area (TPSA) is 53.9 Å². The lowest BCUT2D eigenvalue weighted by molar-refractivity contribution is -0.128. The lowest BCUT2D eigenvalue weighted by Gasteiger charge is -2.34. The molecule has 0 radical (unpaired) electrons. The van der Waals surface area contributed by atoms with Gasteiger partial charge in [-0.25, -0.2) is 0 Å². The Bertz CT molecular complexity index is 932. The number of rotatable bonds is 5. The number of aliphatic imine (C=N–C) groups is 1. The van der Waals surface area contributed by atoms with Gasteiger partial charge in [0.2, 0.25) is 5.91 Å². The van der Waals surface area contributed by atoms with Gasteiger partial charge in [-0.05, 0) is 30.2 Å². The highest BCUT2D eigenvalue weighted by atomic mass is 32.2. The van der Waals surface area contributed by atoms with Crippen LogP contribution in [0.1, 0.15) is 36.5 Å². The molecule has 0 saturated carbocycles. The Labute approximate surface area is 189 Å². The van der Waals surface area contributed by atoms with Crippen LogP contribution in [0.4, 0.5) is 5.69 Å². The zero-order valence-electron chi connectivity index (χ0n) is 18.6. The van der Waals surface area contributed by atoms with E-state index in [4.69, 9.17) is 4.74 Å². The number of aryl methyl sites for hydroxylation is 1. The average molecular weight is 438 g/mol. The molecule has 31 heavy (non-hydrogen) atoms. The van der Waals surface area contributed by atoms with Gasteiger partial charge in [0.15, 0.2) is 5.17 Å². The van der Waals surface area contributed by atoms with Crippen LogP contribution in [-0.2, 0) is 9.53 Å². The summed E-state index contributed by atoms with van der Waals surface area (Å²) < 4.78 is 5.48. The summed E-state index contributed by atoms with van der Waals surface area (Å²) in [5.74, 6) is 0.864. The van der Waals surface area contributed by atoms with Crippen LogP contribution in [-0.4, -0.2) is 49.7 Å². The van der Waals surface area contributed by atoms with Crippen molar-refractivity contribution in [2.24, 2.45) is 10.4 Å². The Morgan fingerprint density at radius 1 is 1.06 bits per heavy atom. The summed E-state index contributed by atoms with van der Waals surface area (Å²) in [6.07, 6.45) is 0. The second kappa shape index (κ2) is 9.45. The fourth-order valence-electron chi connectivity index (χ4n) is 4.28. The van der Waals surface area contributed by atoms with Crippen molar-refractivity contribution in [2.75, 3.05) is 43.5 Å². The van der Waals surface area contributed by atoms with Gasteiger partial charge in [0.05, 0.1) is 25.2 Å². The number of hydrogen-bond donors (Lipinski definition) is 1. The molecular formula is C25H31N3O2S. The first-order valence-electron chi connectivity index (χ1n) is 10.9.